The predicted molar refractivity (Wildman–Crippen MR) is 68.7 cm³/mol. The summed E-state index contributed by atoms with van der Waals surface area (Å²) in [5.41, 5.74) is 0.917. The van der Waals surface area contributed by atoms with Gasteiger partial charge in [-0.1, -0.05) is 24.6 Å². The first-order chi connectivity index (χ1) is 8.27. The van der Waals surface area contributed by atoms with Gasteiger partial charge in [-0.15, -0.1) is 9.66 Å². The van der Waals surface area contributed by atoms with E-state index in [1.165, 1.54) is 12.1 Å². The molecule has 0 heterocycles. The van der Waals surface area contributed by atoms with Gasteiger partial charge >= 0.3 is 0 Å². The van der Waals surface area contributed by atoms with Gasteiger partial charge in [-0.05, 0) is 25.5 Å². The highest BCUT2D eigenvalue weighted by Gasteiger charge is 2.17. The van der Waals surface area contributed by atoms with Crippen LogP contribution in [-0.2, 0) is 20.0 Å². The average molecular weight is 292 g/mol. The monoisotopic (exact) mass is 292 g/mol. The summed E-state index contributed by atoms with van der Waals surface area (Å²) in [5, 5.41) is 0. The lowest BCUT2D eigenvalue weighted by atomic mass is 10.2. The Bertz CT molecular complexity index is 591. The Morgan fingerprint density at radius 3 is 2.06 bits per heavy atom. The van der Waals surface area contributed by atoms with Crippen molar-refractivity contribution in [2.45, 2.75) is 25.2 Å². The second-order valence-corrected chi connectivity index (χ2v) is 7.36. The van der Waals surface area contributed by atoms with Crippen LogP contribution in [0.1, 0.15) is 18.9 Å². The summed E-state index contributed by atoms with van der Waals surface area (Å²) in [6.07, 6.45) is 0.404. The Hall–Kier alpha value is -0.960. The maximum absolute atomic E-state index is 11.8. The van der Waals surface area contributed by atoms with Crippen LogP contribution in [0.3, 0.4) is 0 Å². The molecule has 0 unspecified atom stereocenters. The van der Waals surface area contributed by atoms with E-state index in [2.05, 4.69) is 0 Å². The lowest BCUT2D eigenvalue weighted by Crippen LogP contribution is -2.42. The molecule has 0 aromatic heterocycles. The van der Waals surface area contributed by atoms with Gasteiger partial charge in [0.05, 0.1) is 10.6 Å². The van der Waals surface area contributed by atoms with Crippen molar-refractivity contribution < 1.29 is 16.8 Å². The molecule has 0 fully saturated rings. The van der Waals surface area contributed by atoms with Crippen LogP contribution in [0.4, 0.5) is 0 Å². The summed E-state index contributed by atoms with van der Waals surface area (Å²) in [7, 11) is -7.49. The molecule has 0 aliphatic carbocycles. The van der Waals surface area contributed by atoms with Gasteiger partial charge in [0, 0.05) is 0 Å². The van der Waals surface area contributed by atoms with Gasteiger partial charge in [-0.2, -0.15) is 0 Å². The van der Waals surface area contributed by atoms with Gasteiger partial charge in [0.1, 0.15) is 0 Å². The van der Waals surface area contributed by atoms with Crippen LogP contribution in [0, 0.1) is 6.92 Å². The number of aryl methyl sites for hydroxylation is 1. The molecule has 6 nitrogen and oxygen atoms in total. The molecule has 0 bridgehead atoms. The van der Waals surface area contributed by atoms with Gasteiger partial charge in [0.2, 0.25) is 10.0 Å². The van der Waals surface area contributed by atoms with Crippen LogP contribution in [0.15, 0.2) is 29.2 Å². The molecular weight excluding hydrogens is 276 g/mol. The standard InChI is InChI=1S/C10H16N2O4S2/c1-3-8-17(13,14)11-12-18(15,16)10-6-4-9(2)5-7-10/h4-7,11-12H,3,8H2,1-2H3. The fourth-order valence-corrected chi connectivity index (χ4v) is 3.41. The summed E-state index contributed by atoms with van der Waals surface area (Å²) in [6.45, 7) is 3.52. The molecule has 0 atom stereocenters. The fraction of sp³-hybridized carbons (Fsp3) is 0.400. The van der Waals surface area contributed by atoms with E-state index in [1.807, 2.05) is 16.6 Å². The molecule has 1 rings (SSSR count). The minimum Gasteiger partial charge on any atom is -0.211 e. The quantitative estimate of drug-likeness (QED) is 0.748. The van der Waals surface area contributed by atoms with Crippen LogP contribution < -0.4 is 9.66 Å². The molecule has 0 radical (unpaired) electrons. The third-order valence-electron chi connectivity index (χ3n) is 2.14. The largest absolute Gasteiger partial charge is 0.254 e. The highest BCUT2D eigenvalue weighted by Crippen LogP contribution is 2.09. The molecule has 1 aromatic carbocycles. The maximum atomic E-state index is 11.8. The number of sulfonamides is 2. The first-order valence-corrected chi connectivity index (χ1v) is 8.48. The Balaban J connectivity index is 2.81. The average Bonchev–Trinajstić information content (AvgIpc) is 2.27. The molecule has 0 saturated heterocycles. The molecule has 8 heteroatoms. The molecule has 0 aliphatic rings. The smallest absolute Gasteiger partial charge is 0.211 e. The Kier molecular flexibility index (Phi) is 4.85. The van der Waals surface area contributed by atoms with E-state index in [0.29, 0.717) is 6.42 Å². The first kappa shape index (κ1) is 15.1. The zero-order chi connectivity index (χ0) is 13.8. The second kappa shape index (κ2) is 5.79. The van der Waals surface area contributed by atoms with Crippen molar-refractivity contribution in [3.63, 3.8) is 0 Å². The molecule has 0 saturated carbocycles. The number of rotatable bonds is 6. The van der Waals surface area contributed by atoms with Crippen molar-refractivity contribution >= 4 is 20.0 Å². The summed E-state index contributed by atoms with van der Waals surface area (Å²) in [4.78, 5) is 3.71. The summed E-state index contributed by atoms with van der Waals surface area (Å²) < 4.78 is 46.2. The Morgan fingerprint density at radius 1 is 1.00 bits per heavy atom. The number of nitrogens with one attached hydrogen (secondary N) is 2. The van der Waals surface area contributed by atoms with Gasteiger partial charge in [0.15, 0.2) is 0 Å². The lowest BCUT2D eigenvalue weighted by molar-refractivity contribution is 0.557. The minimum absolute atomic E-state index is 0.00676. The van der Waals surface area contributed by atoms with Crippen LogP contribution in [-0.4, -0.2) is 22.6 Å². The summed E-state index contributed by atoms with van der Waals surface area (Å²) in [5.74, 6) is -0.135. The molecule has 0 amide bonds. The number of hydrogen-bond donors (Lipinski definition) is 2. The molecule has 0 spiro atoms. The maximum Gasteiger partial charge on any atom is 0.254 e. The molecule has 18 heavy (non-hydrogen) atoms. The zero-order valence-corrected chi connectivity index (χ0v) is 11.8. The van der Waals surface area contributed by atoms with Crippen LogP contribution in [0.5, 0.6) is 0 Å². The molecule has 102 valence electrons. The third kappa shape index (κ3) is 4.37. The van der Waals surface area contributed by atoms with Crippen molar-refractivity contribution in [1.29, 1.82) is 0 Å². The van der Waals surface area contributed by atoms with E-state index >= 15 is 0 Å². The highest BCUT2D eigenvalue weighted by atomic mass is 32.2. The van der Waals surface area contributed by atoms with E-state index in [-0.39, 0.29) is 10.6 Å². The number of hydrazine groups is 1. The van der Waals surface area contributed by atoms with Gasteiger partial charge in [-0.3, -0.25) is 0 Å². The van der Waals surface area contributed by atoms with E-state index in [1.54, 1.807) is 19.1 Å². The highest BCUT2D eigenvalue weighted by molar-refractivity contribution is 7.92. The number of hydrogen-bond acceptors (Lipinski definition) is 4. The fourth-order valence-electron chi connectivity index (χ4n) is 1.21. The second-order valence-electron chi connectivity index (χ2n) is 3.84. The van der Waals surface area contributed by atoms with E-state index in [0.717, 1.165) is 5.56 Å². The molecular formula is C10H16N2O4S2. The van der Waals surface area contributed by atoms with Crippen molar-refractivity contribution in [2.24, 2.45) is 0 Å². The topological polar surface area (TPSA) is 92.3 Å². The van der Waals surface area contributed by atoms with Crippen molar-refractivity contribution in [1.82, 2.24) is 9.66 Å². The molecule has 1 aromatic rings. The minimum atomic E-state index is -3.87. The van der Waals surface area contributed by atoms with E-state index < -0.39 is 20.0 Å². The van der Waals surface area contributed by atoms with Gasteiger partial charge in [-0.25, -0.2) is 16.8 Å². The van der Waals surface area contributed by atoms with Gasteiger partial charge < -0.3 is 0 Å². The van der Waals surface area contributed by atoms with E-state index in [9.17, 15) is 16.8 Å². The summed E-state index contributed by atoms with van der Waals surface area (Å²) in [6, 6.07) is 6.09. The normalized spacial score (nSPS) is 12.6. The predicted octanol–water partition coefficient (Wildman–Crippen LogP) is 0.518. The summed E-state index contributed by atoms with van der Waals surface area (Å²) >= 11 is 0. The third-order valence-corrected chi connectivity index (χ3v) is 4.89. The SMILES string of the molecule is CCCS(=O)(=O)NNS(=O)(=O)c1ccc(C)cc1. The van der Waals surface area contributed by atoms with E-state index in [4.69, 9.17) is 0 Å². The number of benzene rings is 1. The molecule has 0 aliphatic heterocycles. The lowest BCUT2D eigenvalue weighted by Gasteiger charge is -2.08. The van der Waals surface area contributed by atoms with Crippen molar-refractivity contribution in [3.05, 3.63) is 29.8 Å². The van der Waals surface area contributed by atoms with Crippen molar-refractivity contribution in [2.75, 3.05) is 5.75 Å². The first-order valence-electron chi connectivity index (χ1n) is 5.35. The Labute approximate surface area is 107 Å². The van der Waals surface area contributed by atoms with Crippen LogP contribution in [0.2, 0.25) is 0 Å². The van der Waals surface area contributed by atoms with Crippen LogP contribution >= 0.6 is 0 Å². The Morgan fingerprint density at radius 2 is 1.56 bits per heavy atom. The van der Waals surface area contributed by atoms with Crippen molar-refractivity contribution in [3.8, 4) is 0 Å². The van der Waals surface area contributed by atoms with Gasteiger partial charge in [0.25, 0.3) is 10.0 Å². The van der Waals surface area contributed by atoms with Crippen LogP contribution in [0.25, 0.3) is 0 Å². The molecule has 2 N–H and O–H groups in total. The zero-order valence-electron chi connectivity index (χ0n) is 10.2.